The van der Waals surface area contributed by atoms with Gasteiger partial charge in [0.25, 0.3) is 6.71 Å². The number of nitrogens with zero attached hydrogens (tertiary/aromatic N) is 1. The van der Waals surface area contributed by atoms with Gasteiger partial charge in [0.05, 0.1) is 16.7 Å². The van der Waals surface area contributed by atoms with Crippen LogP contribution in [0.2, 0.25) is 0 Å². The van der Waals surface area contributed by atoms with Crippen LogP contribution in [0.15, 0.2) is 72.8 Å². The Kier molecular flexibility index (Phi) is 6.21. The first kappa shape index (κ1) is 29.0. The molecule has 2 aliphatic heterocycles. The lowest BCUT2D eigenvalue weighted by molar-refractivity contribution is -0.138. The van der Waals surface area contributed by atoms with Gasteiger partial charge in [-0.25, -0.2) is 0 Å². The maximum absolute atomic E-state index is 14.1. The van der Waals surface area contributed by atoms with Gasteiger partial charge in [-0.3, -0.25) is 0 Å². The summed E-state index contributed by atoms with van der Waals surface area (Å²) in [6.45, 7) is 4.62. The Morgan fingerprint density at radius 2 is 1.07 bits per heavy atom. The minimum atomic E-state index is -4.83. The lowest BCUT2D eigenvalue weighted by Crippen LogP contribution is -2.60. The van der Waals surface area contributed by atoms with E-state index in [1.54, 1.807) is 24.3 Å². The molecule has 0 fully saturated rings. The molecule has 43 heavy (non-hydrogen) atoms. The van der Waals surface area contributed by atoms with Crippen LogP contribution in [0.4, 0.5) is 56.6 Å². The Balaban J connectivity index is 1.69. The summed E-state index contributed by atoms with van der Waals surface area (Å²) in [6.07, 6.45) is -14.4. The lowest BCUT2D eigenvalue weighted by atomic mass is 9.34. The van der Waals surface area contributed by atoms with Gasteiger partial charge in [-0.1, -0.05) is 45.0 Å². The van der Waals surface area contributed by atoms with Crippen LogP contribution < -0.4 is 26.0 Å². The van der Waals surface area contributed by atoms with Crippen molar-refractivity contribution in [3.8, 4) is 11.5 Å². The van der Waals surface area contributed by atoms with E-state index < -0.39 is 41.9 Å². The zero-order valence-corrected chi connectivity index (χ0v) is 22.8. The molecule has 0 aromatic heterocycles. The molecule has 12 heteroatoms. The summed E-state index contributed by atoms with van der Waals surface area (Å²) < 4.78 is 131. The second kappa shape index (κ2) is 9.21. The molecule has 2 aliphatic rings. The first-order chi connectivity index (χ1) is 19.8. The molecule has 0 spiro atoms. The minimum absolute atomic E-state index is 0.0212. The van der Waals surface area contributed by atoms with Crippen molar-refractivity contribution < 1.29 is 44.3 Å². The molecule has 0 N–H and O–H groups in total. The van der Waals surface area contributed by atoms with Crippen molar-refractivity contribution in [2.45, 2.75) is 44.7 Å². The highest BCUT2D eigenvalue weighted by atomic mass is 19.4. The van der Waals surface area contributed by atoms with Crippen LogP contribution in [0.25, 0.3) is 0 Å². The van der Waals surface area contributed by atoms with E-state index in [2.05, 4.69) is 0 Å². The van der Waals surface area contributed by atoms with Gasteiger partial charge >= 0.3 is 18.5 Å². The molecule has 0 atom stereocenters. The maximum Gasteiger partial charge on any atom is 0.416 e. The highest BCUT2D eigenvalue weighted by Gasteiger charge is 2.46. The summed E-state index contributed by atoms with van der Waals surface area (Å²) in [5.41, 5.74) is -2.27. The molecule has 0 bridgehead atoms. The second-order valence-electron chi connectivity index (χ2n) is 11.6. The maximum atomic E-state index is 14.1. The largest absolute Gasteiger partial charge is 0.458 e. The molecule has 0 unspecified atom stereocenters. The molecule has 0 amide bonds. The highest BCUT2D eigenvalue weighted by Crippen LogP contribution is 2.45. The zero-order chi connectivity index (χ0) is 31.3. The molecular formula is C31H21BF9NO. The Morgan fingerprint density at radius 1 is 0.535 bits per heavy atom. The van der Waals surface area contributed by atoms with E-state index in [-0.39, 0.29) is 44.7 Å². The van der Waals surface area contributed by atoms with Gasteiger partial charge in [0.2, 0.25) is 0 Å². The highest BCUT2D eigenvalue weighted by molar-refractivity contribution is 6.99. The molecule has 4 aromatic carbocycles. The summed E-state index contributed by atoms with van der Waals surface area (Å²) in [4.78, 5) is 1.40. The van der Waals surface area contributed by atoms with E-state index >= 15 is 0 Å². The average Bonchev–Trinajstić information content (AvgIpc) is 2.90. The number of benzene rings is 4. The van der Waals surface area contributed by atoms with Gasteiger partial charge in [-0.2, -0.15) is 39.5 Å². The molecule has 222 valence electrons. The number of alkyl halides is 9. The van der Waals surface area contributed by atoms with Crippen LogP contribution in [0.3, 0.4) is 0 Å². The van der Waals surface area contributed by atoms with Gasteiger partial charge in [0, 0.05) is 17.1 Å². The van der Waals surface area contributed by atoms with E-state index in [0.717, 1.165) is 54.1 Å². The third-order valence-electron chi connectivity index (χ3n) is 7.74. The fraction of sp³-hybridized carbons (Fsp3) is 0.226. The zero-order valence-electron chi connectivity index (χ0n) is 22.8. The summed E-state index contributed by atoms with van der Waals surface area (Å²) in [6, 6.07) is 13.7. The van der Waals surface area contributed by atoms with Crippen molar-refractivity contribution in [1.29, 1.82) is 0 Å². The van der Waals surface area contributed by atoms with Crippen LogP contribution in [-0.4, -0.2) is 6.71 Å². The first-order valence-corrected chi connectivity index (χ1v) is 13.1. The van der Waals surface area contributed by atoms with Gasteiger partial charge in [0.15, 0.2) is 0 Å². The lowest BCUT2D eigenvalue weighted by Gasteiger charge is -2.41. The molecule has 6 rings (SSSR count). The van der Waals surface area contributed by atoms with E-state index in [1.807, 2.05) is 20.8 Å². The number of anilines is 3. The molecule has 0 saturated heterocycles. The Hall–Kier alpha value is -4.09. The van der Waals surface area contributed by atoms with Crippen LogP contribution in [0, 0.1) is 0 Å². The first-order valence-electron chi connectivity index (χ1n) is 13.1. The third kappa shape index (κ3) is 4.90. The normalized spacial score (nSPS) is 14.6. The van der Waals surface area contributed by atoms with Crippen molar-refractivity contribution in [1.82, 2.24) is 0 Å². The van der Waals surface area contributed by atoms with Crippen molar-refractivity contribution in [3.05, 3.63) is 95.1 Å². The van der Waals surface area contributed by atoms with Crippen LogP contribution in [-0.2, 0) is 23.9 Å². The smallest absolute Gasteiger partial charge is 0.416 e. The Morgan fingerprint density at radius 3 is 1.63 bits per heavy atom. The van der Waals surface area contributed by atoms with E-state index in [9.17, 15) is 39.5 Å². The molecular weight excluding hydrogens is 584 g/mol. The number of hydrogen-bond acceptors (Lipinski definition) is 2. The number of hydrogen-bond donors (Lipinski definition) is 0. The third-order valence-corrected chi connectivity index (χ3v) is 7.74. The van der Waals surface area contributed by atoms with Gasteiger partial charge in [-0.05, 0) is 75.9 Å². The van der Waals surface area contributed by atoms with Gasteiger partial charge in [-0.15, -0.1) is 0 Å². The van der Waals surface area contributed by atoms with Crippen molar-refractivity contribution in [2.24, 2.45) is 0 Å². The Labute approximate surface area is 240 Å². The van der Waals surface area contributed by atoms with E-state index in [0.29, 0.717) is 5.69 Å². The second-order valence-corrected chi connectivity index (χ2v) is 11.6. The van der Waals surface area contributed by atoms with Crippen LogP contribution in [0.1, 0.15) is 43.0 Å². The van der Waals surface area contributed by atoms with Crippen LogP contribution in [0.5, 0.6) is 11.5 Å². The summed E-state index contributed by atoms with van der Waals surface area (Å²) >= 11 is 0. The number of halogens is 9. The van der Waals surface area contributed by atoms with Gasteiger partial charge in [0.1, 0.15) is 11.5 Å². The van der Waals surface area contributed by atoms with Crippen LogP contribution >= 0.6 is 0 Å². The molecule has 0 aliphatic carbocycles. The fourth-order valence-electron chi connectivity index (χ4n) is 5.66. The summed E-state index contributed by atoms with van der Waals surface area (Å²) in [7, 11) is 0. The molecule has 2 heterocycles. The van der Waals surface area contributed by atoms with Crippen molar-refractivity contribution in [3.63, 3.8) is 0 Å². The topological polar surface area (TPSA) is 12.5 Å². The van der Waals surface area contributed by atoms with E-state index in [1.165, 1.54) is 4.90 Å². The quantitative estimate of drug-likeness (QED) is 0.138. The summed E-state index contributed by atoms with van der Waals surface area (Å²) in [5, 5.41) is 0. The summed E-state index contributed by atoms with van der Waals surface area (Å²) in [5.74, 6) is -0.483. The molecule has 4 aromatic rings. The standard InChI is InChI=1S/C31H21BF9NO/c1-28(2,3)16-4-8-20(9-5-16)42-23-10-6-17(29(33,34)35)12-21(23)32-22-13-18(30(36,37)38)7-11-25(22)43-26-15-19(31(39,40)41)14-24(42)27(26)32/h4-15H,1-3H3. The number of ether oxygens (including phenoxy) is 1. The molecule has 0 radical (unpaired) electrons. The number of fused-ring (bicyclic) bond motifs is 4. The monoisotopic (exact) mass is 605 g/mol. The predicted octanol–water partition coefficient (Wildman–Crippen LogP) is 8.45. The van der Waals surface area contributed by atoms with Crippen molar-refractivity contribution in [2.75, 3.05) is 4.90 Å². The SMILES string of the molecule is CC(C)(C)c1ccc(N2c3ccc(C(F)(F)F)cc3B3c4cc(C(F)(F)F)ccc4Oc4cc(C(F)(F)F)cc2c43)cc1. The Bertz CT molecular complexity index is 1750. The predicted molar refractivity (Wildman–Crippen MR) is 146 cm³/mol. The van der Waals surface area contributed by atoms with Crippen molar-refractivity contribution >= 4 is 40.2 Å². The van der Waals surface area contributed by atoms with Gasteiger partial charge < -0.3 is 9.64 Å². The van der Waals surface area contributed by atoms with E-state index in [4.69, 9.17) is 4.74 Å². The molecule has 2 nitrogen and oxygen atoms in total. The average molecular weight is 605 g/mol. The minimum Gasteiger partial charge on any atom is -0.458 e. The fourth-order valence-corrected chi connectivity index (χ4v) is 5.66. The number of rotatable bonds is 1. The molecule has 0 saturated carbocycles.